The number of benzene rings is 2. The van der Waals surface area contributed by atoms with Crippen LogP contribution in [-0.4, -0.2) is 17.1 Å². The molecule has 0 saturated heterocycles. The second-order valence-electron chi connectivity index (χ2n) is 6.01. The third-order valence-electron chi connectivity index (χ3n) is 4.31. The maximum atomic E-state index is 12.7. The first kappa shape index (κ1) is 15.1. The summed E-state index contributed by atoms with van der Waals surface area (Å²) in [5.41, 5.74) is 3.78. The number of amides is 1. The molecule has 4 nitrogen and oxygen atoms in total. The first-order valence-electron chi connectivity index (χ1n) is 7.92. The highest BCUT2D eigenvalue weighted by atomic mass is 35.5. The Bertz CT molecular complexity index is 946. The molecule has 0 atom stereocenters. The van der Waals surface area contributed by atoms with Crippen molar-refractivity contribution in [1.29, 1.82) is 0 Å². The van der Waals surface area contributed by atoms with E-state index in [1.54, 1.807) is 0 Å². The molecule has 122 valence electrons. The summed E-state index contributed by atoms with van der Waals surface area (Å²) in [4.78, 5) is 12.7. The fraction of sp³-hybridized carbons (Fsp3) is 0.211. The van der Waals surface area contributed by atoms with E-state index in [9.17, 15) is 4.79 Å². The summed E-state index contributed by atoms with van der Waals surface area (Å²) in [7, 11) is 0. The number of aromatic nitrogens is 1. The lowest BCUT2D eigenvalue weighted by Crippen LogP contribution is -2.27. The lowest BCUT2D eigenvalue weighted by atomic mass is 10.1. The van der Waals surface area contributed by atoms with Crippen LogP contribution in [0.15, 0.2) is 42.5 Å². The van der Waals surface area contributed by atoms with Gasteiger partial charge in [0.15, 0.2) is 0 Å². The fourth-order valence-electron chi connectivity index (χ4n) is 3.19. The highest BCUT2D eigenvalue weighted by molar-refractivity contribution is 6.36. The van der Waals surface area contributed by atoms with E-state index in [1.807, 2.05) is 47.9 Å². The smallest absolute Gasteiger partial charge is 0.268 e. The predicted octanol–water partition coefficient (Wildman–Crippen LogP) is 3.93. The van der Waals surface area contributed by atoms with Crippen molar-refractivity contribution in [1.82, 2.24) is 9.88 Å². The molecule has 0 fully saturated rings. The molecule has 1 amide bonds. The zero-order chi connectivity index (χ0) is 16.7. The minimum Gasteiger partial charge on any atom is -0.490 e. The van der Waals surface area contributed by atoms with Gasteiger partial charge in [0.05, 0.1) is 17.1 Å². The van der Waals surface area contributed by atoms with Crippen molar-refractivity contribution in [2.45, 2.75) is 20.0 Å². The maximum Gasteiger partial charge on any atom is 0.268 e. The SMILES string of the molecule is Cc1cccc(CNC(=O)c2cc3c(Cl)ccc4c3n2CCO4)c1. The number of carbonyl (C=O) groups excluding carboxylic acids is 1. The van der Waals surface area contributed by atoms with Crippen LogP contribution in [0.4, 0.5) is 0 Å². The molecule has 0 unspecified atom stereocenters. The molecule has 5 heteroatoms. The van der Waals surface area contributed by atoms with Gasteiger partial charge in [-0.1, -0.05) is 41.4 Å². The highest BCUT2D eigenvalue weighted by Gasteiger charge is 2.22. The molecule has 1 aliphatic heterocycles. The fourth-order valence-corrected chi connectivity index (χ4v) is 3.40. The van der Waals surface area contributed by atoms with E-state index >= 15 is 0 Å². The first-order valence-corrected chi connectivity index (χ1v) is 8.29. The Labute approximate surface area is 145 Å². The predicted molar refractivity (Wildman–Crippen MR) is 94.8 cm³/mol. The molecule has 0 spiro atoms. The maximum absolute atomic E-state index is 12.7. The van der Waals surface area contributed by atoms with Gasteiger partial charge in [0, 0.05) is 11.9 Å². The lowest BCUT2D eigenvalue weighted by Gasteiger charge is -2.19. The Hall–Kier alpha value is -2.46. The van der Waals surface area contributed by atoms with E-state index in [1.165, 1.54) is 5.56 Å². The molecule has 0 radical (unpaired) electrons. The van der Waals surface area contributed by atoms with Crippen LogP contribution < -0.4 is 10.1 Å². The Morgan fingerprint density at radius 1 is 1.29 bits per heavy atom. The average Bonchev–Trinajstić information content (AvgIpc) is 2.98. The normalized spacial score (nSPS) is 12.9. The number of halogens is 1. The van der Waals surface area contributed by atoms with Gasteiger partial charge in [0.25, 0.3) is 5.91 Å². The number of carbonyl (C=O) groups is 1. The molecule has 24 heavy (non-hydrogen) atoms. The van der Waals surface area contributed by atoms with Gasteiger partial charge in [0.2, 0.25) is 0 Å². The standard InChI is InChI=1S/C19H17ClN2O2/c1-12-3-2-4-13(9-12)11-21-19(23)16-10-14-15(20)5-6-17-18(14)22(16)7-8-24-17/h2-6,9-10H,7-8,11H2,1H3,(H,21,23). The largest absolute Gasteiger partial charge is 0.490 e. The molecule has 2 heterocycles. The van der Waals surface area contributed by atoms with Crippen LogP contribution in [0, 0.1) is 6.92 Å². The van der Waals surface area contributed by atoms with Crippen LogP contribution in [0.25, 0.3) is 10.9 Å². The van der Waals surface area contributed by atoms with Crippen LogP contribution >= 0.6 is 11.6 Å². The summed E-state index contributed by atoms with van der Waals surface area (Å²) in [6.45, 7) is 3.73. The van der Waals surface area contributed by atoms with Crippen molar-refractivity contribution in [2.24, 2.45) is 0 Å². The van der Waals surface area contributed by atoms with Crippen LogP contribution in [0.1, 0.15) is 21.6 Å². The van der Waals surface area contributed by atoms with E-state index in [2.05, 4.69) is 11.4 Å². The second-order valence-corrected chi connectivity index (χ2v) is 6.42. The Morgan fingerprint density at radius 2 is 2.17 bits per heavy atom. The van der Waals surface area contributed by atoms with Crippen molar-refractivity contribution >= 4 is 28.4 Å². The van der Waals surface area contributed by atoms with Crippen molar-refractivity contribution in [3.05, 3.63) is 64.3 Å². The summed E-state index contributed by atoms with van der Waals surface area (Å²) in [6, 6.07) is 13.6. The first-order chi connectivity index (χ1) is 11.6. The molecular weight excluding hydrogens is 324 g/mol. The van der Waals surface area contributed by atoms with Crippen LogP contribution in [0.3, 0.4) is 0 Å². The number of aryl methyl sites for hydroxylation is 1. The average molecular weight is 341 g/mol. The summed E-state index contributed by atoms with van der Waals surface area (Å²) < 4.78 is 7.67. The number of rotatable bonds is 3. The van der Waals surface area contributed by atoms with Gasteiger partial charge >= 0.3 is 0 Å². The molecular formula is C19H17ClN2O2. The van der Waals surface area contributed by atoms with Gasteiger partial charge < -0.3 is 14.6 Å². The topological polar surface area (TPSA) is 43.3 Å². The van der Waals surface area contributed by atoms with Crippen molar-refractivity contribution in [3.63, 3.8) is 0 Å². The Morgan fingerprint density at radius 3 is 3.00 bits per heavy atom. The Kier molecular flexibility index (Phi) is 3.69. The molecule has 0 bridgehead atoms. The van der Waals surface area contributed by atoms with Crippen molar-refractivity contribution in [3.8, 4) is 5.75 Å². The summed E-state index contributed by atoms with van der Waals surface area (Å²) in [5, 5.41) is 4.48. The number of ether oxygens (including phenoxy) is 1. The van der Waals surface area contributed by atoms with Gasteiger partial charge in [-0.3, -0.25) is 4.79 Å². The van der Waals surface area contributed by atoms with Crippen molar-refractivity contribution < 1.29 is 9.53 Å². The number of hydrogen-bond donors (Lipinski definition) is 1. The second kappa shape index (κ2) is 5.87. The minimum absolute atomic E-state index is 0.100. The molecule has 3 aromatic rings. The van der Waals surface area contributed by atoms with E-state index in [4.69, 9.17) is 16.3 Å². The molecule has 1 aliphatic rings. The summed E-state index contributed by atoms with van der Waals surface area (Å²) in [5.74, 6) is 0.676. The van der Waals surface area contributed by atoms with Crippen LogP contribution in [0.2, 0.25) is 5.02 Å². The molecule has 4 rings (SSSR count). The number of nitrogens with zero attached hydrogens (tertiary/aromatic N) is 1. The van der Waals surface area contributed by atoms with Gasteiger partial charge in [-0.15, -0.1) is 0 Å². The zero-order valence-electron chi connectivity index (χ0n) is 13.3. The highest BCUT2D eigenvalue weighted by Crippen LogP contribution is 2.36. The third kappa shape index (κ3) is 2.53. The number of hydrogen-bond acceptors (Lipinski definition) is 2. The van der Waals surface area contributed by atoms with Crippen LogP contribution in [-0.2, 0) is 13.1 Å². The van der Waals surface area contributed by atoms with E-state index < -0.39 is 0 Å². The van der Waals surface area contributed by atoms with Gasteiger partial charge in [0.1, 0.15) is 18.1 Å². The molecule has 1 N–H and O–H groups in total. The quantitative estimate of drug-likeness (QED) is 0.785. The van der Waals surface area contributed by atoms with E-state index in [0.717, 1.165) is 22.2 Å². The summed E-state index contributed by atoms with van der Waals surface area (Å²) in [6.07, 6.45) is 0. The van der Waals surface area contributed by atoms with E-state index in [0.29, 0.717) is 30.4 Å². The molecule has 0 aliphatic carbocycles. The Balaban J connectivity index is 1.65. The lowest BCUT2D eigenvalue weighted by molar-refractivity contribution is 0.0940. The van der Waals surface area contributed by atoms with Gasteiger partial charge in [-0.2, -0.15) is 0 Å². The monoisotopic (exact) mass is 340 g/mol. The summed E-state index contributed by atoms with van der Waals surface area (Å²) >= 11 is 6.29. The van der Waals surface area contributed by atoms with Gasteiger partial charge in [-0.05, 0) is 30.7 Å². The number of nitrogens with one attached hydrogen (secondary N) is 1. The van der Waals surface area contributed by atoms with Gasteiger partial charge in [-0.25, -0.2) is 0 Å². The molecule has 0 saturated carbocycles. The molecule has 2 aromatic carbocycles. The van der Waals surface area contributed by atoms with Crippen molar-refractivity contribution in [2.75, 3.05) is 6.61 Å². The third-order valence-corrected chi connectivity index (χ3v) is 4.64. The van der Waals surface area contributed by atoms with E-state index in [-0.39, 0.29) is 5.91 Å². The minimum atomic E-state index is -0.100. The van der Waals surface area contributed by atoms with Crippen LogP contribution in [0.5, 0.6) is 5.75 Å². The zero-order valence-corrected chi connectivity index (χ0v) is 14.1. The molecule has 1 aromatic heterocycles.